The molecule has 0 aliphatic carbocycles. The molecular weight excluding hydrogens is 233 g/mol. The van der Waals surface area contributed by atoms with Crippen molar-refractivity contribution in [3.63, 3.8) is 0 Å². The molecule has 7 heteroatoms. The lowest BCUT2D eigenvalue weighted by Gasteiger charge is -2.38. The van der Waals surface area contributed by atoms with Gasteiger partial charge in [0.15, 0.2) is 0 Å². The summed E-state index contributed by atoms with van der Waals surface area (Å²) in [5.74, 6) is 0.0593. The SMILES string of the molecule is N#Cc1ccc(C(F)(F)F)nc1N1CC(N)C1. The van der Waals surface area contributed by atoms with Crippen molar-refractivity contribution in [1.82, 2.24) is 4.98 Å². The van der Waals surface area contributed by atoms with E-state index in [0.29, 0.717) is 13.1 Å². The first-order valence-corrected chi connectivity index (χ1v) is 4.90. The van der Waals surface area contributed by atoms with Gasteiger partial charge in [-0.25, -0.2) is 4.98 Å². The Balaban J connectivity index is 2.38. The van der Waals surface area contributed by atoms with Crippen LogP contribution < -0.4 is 10.6 Å². The first-order chi connectivity index (χ1) is 7.91. The molecule has 1 saturated heterocycles. The highest BCUT2D eigenvalue weighted by molar-refractivity contribution is 5.56. The third kappa shape index (κ3) is 2.17. The Bertz CT molecular complexity index is 471. The van der Waals surface area contributed by atoms with Gasteiger partial charge in [-0.2, -0.15) is 18.4 Å². The van der Waals surface area contributed by atoms with Crippen molar-refractivity contribution in [1.29, 1.82) is 5.26 Å². The molecule has 0 unspecified atom stereocenters. The fraction of sp³-hybridized carbons (Fsp3) is 0.400. The van der Waals surface area contributed by atoms with E-state index >= 15 is 0 Å². The second-order valence-electron chi connectivity index (χ2n) is 3.84. The number of anilines is 1. The van der Waals surface area contributed by atoms with Crippen LogP contribution in [0.15, 0.2) is 12.1 Å². The topological polar surface area (TPSA) is 65.9 Å². The molecule has 1 aromatic rings. The maximum Gasteiger partial charge on any atom is 0.433 e. The standard InChI is InChI=1S/C10H9F3N4/c11-10(12,13)8-2-1-6(3-14)9(16-8)17-4-7(15)5-17/h1-2,7H,4-5,15H2. The van der Waals surface area contributed by atoms with Gasteiger partial charge >= 0.3 is 6.18 Å². The minimum absolute atomic E-state index is 0.0593. The smallest absolute Gasteiger partial charge is 0.352 e. The fourth-order valence-electron chi connectivity index (χ4n) is 1.62. The van der Waals surface area contributed by atoms with E-state index in [1.165, 1.54) is 0 Å². The molecule has 1 fully saturated rings. The molecule has 0 bridgehead atoms. The zero-order valence-electron chi connectivity index (χ0n) is 8.70. The van der Waals surface area contributed by atoms with E-state index in [1.807, 2.05) is 6.07 Å². The van der Waals surface area contributed by atoms with Crippen LogP contribution in [0, 0.1) is 11.3 Å². The molecule has 2 rings (SSSR count). The molecule has 90 valence electrons. The number of nitrogens with zero attached hydrogens (tertiary/aromatic N) is 3. The first kappa shape index (κ1) is 11.7. The number of alkyl halides is 3. The van der Waals surface area contributed by atoms with Crippen molar-refractivity contribution < 1.29 is 13.2 Å². The molecule has 1 aliphatic heterocycles. The summed E-state index contributed by atoms with van der Waals surface area (Å²) >= 11 is 0. The summed E-state index contributed by atoms with van der Waals surface area (Å²) in [5.41, 5.74) is 4.68. The van der Waals surface area contributed by atoms with Crippen molar-refractivity contribution in [2.45, 2.75) is 12.2 Å². The van der Waals surface area contributed by atoms with Gasteiger partial charge < -0.3 is 10.6 Å². The van der Waals surface area contributed by atoms with Gasteiger partial charge in [-0.05, 0) is 12.1 Å². The number of halogens is 3. The van der Waals surface area contributed by atoms with Crippen LogP contribution >= 0.6 is 0 Å². The molecule has 0 radical (unpaired) electrons. The molecule has 0 amide bonds. The van der Waals surface area contributed by atoms with Gasteiger partial charge in [0.2, 0.25) is 0 Å². The van der Waals surface area contributed by atoms with Crippen molar-refractivity contribution in [3.05, 3.63) is 23.4 Å². The molecule has 2 N–H and O–H groups in total. The van der Waals surface area contributed by atoms with Crippen LogP contribution in [0.5, 0.6) is 0 Å². The first-order valence-electron chi connectivity index (χ1n) is 4.90. The van der Waals surface area contributed by atoms with E-state index in [0.717, 1.165) is 12.1 Å². The van der Waals surface area contributed by atoms with Gasteiger partial charge in [0.25, 0.3) is 0 Å². The quantitative estimate of drug-likeness (QED) is 0.801. The lowest BCUT2D eigenvalue weighted by Crippen LogP contribution is -2.56. The zero-order valence-corrected chi connectivity index (χ0v) is 8.70. The summed E-state index contributed by atoms with van der Waals surface area (Å²) in [6, 6.07) is 3.70. The van der Waals surface area contributed by atoms with E-state index < -0.39 is 11.9 Å². The monoisotopic (exact) mass is 242 g/mol. The maximum atomic E-state index is 12.5. The number of nitriles is 1. The Labute approximate surface area is 95.5 Å². The molecule has 1 aromatic heterocycles. The lowest BCUT2D eigenvalue weighted by molar-refractivity contribution is -0.141. The highest BCUT2D eigenvalue weighted by Crippen LogP contribution is 2.31. The molecule has 1 aliphatic rings. The summed E-state index contributed by atoms with van der Waals surface area (Å²) < 4.78 is 37.4. The predicted octanol–water partition coefficient (Wildman–Crippen LogP) is 1.12. The maximum absolute atomic E-state index is 12.5. The number of aromatic nitrogens is 1. The molecule has 17 heavy (non-hydrogen) atoms. The van der Waals surface area contributed by atoms with E-state index in [9.17, 15) is 13.2 Å². The van der Waals surface area contributed by atoms with Crippen LogP contribution in [0.2, 0.25) is 0 Å². The van der Waals surface area contributed by atoms with E-state index in [1.54, 1.807) is 4.90 Å². The lowest BCUT2D eigenvalue weighted by atomic mass is 10.1. The van der Waals surface area contributed by atoms with Crippen LogP contribution in [0.3, 0.4) is 0 Å². The summed E-state index contributed by atoms with van der Waals surface area (Å²) in [4.78, 5) is 5.06. The highest BCUT2D eigenvalue weighted by Gasteiger charge is 2.35. The number of pyridine rings is 1. The largest absolute Gasteiger partial charge is 0.433 e. The molecule has 0 saturated carbocycles. The zero-order chi connectivity index (χ0) is 12.6. The van der Waals surface area contributed by atoms with Crippen LogP contribution in [-0.4, -0.2) is 24.1 Å². The Morgan fingerprint density at radius 2 is 2.06 bits per heavy atom. The van der Waals surface area contributed by atoms with Crippen LogP contribution in [0.4, 0.5) is 19.0 Å². The van der Waals surface area contributed by atoms with Gasteiger partial charge in [0.1, 0.15) is 17.6 Å². The van der Waals surface area contributed by atoms with Crippen molar-refractivity contribution in [2.75, 3.05) is 18.0 Å². The molecule has 4 nitrogen and oxygen atoms in total. The molecule has 0 atom stereocenters. The number of nitrogens with two attached hydrogens (primary N) is 1. The summed E-state index contributed by atoms with van der Waals surface area (Å²) in [6.45, 7) is 0.839. The molecule has 0 aromatic carbocycles. The number of rotatable bonds is 1. The van der Waals surface area contributed by atoms with E-state index in [-0.39, 0.29) is 17.4 Å². The molecule has 2 heterocycles. The van der Waals surface area contributed by atoms with Gasteiger partial charge in [-0.1, -0.05) is 0 Å². The van der Waals surface area contributed by atoms with Crippen LogP contribution in [-0.2, 0) is 6.18 Å². The van der Waals surface area contributed by atoms with Crippen LogP contribution in [0.25, 0.3) is 0 Å². The summed E-state index contributed by atoms with van der Waals surface area (Å²) in [7, 11) is 0. The Hall–Kier alpha value is -1.81. The Kier molecular flexibility index (Phi) is 2.67. The highest BCUT2D eigenvalue weighted by atomic mass is 19.4. The second-order valence-corrected chi connectivity index (χ2v) is 3.84. The van der Waals surface area contributed by atoms with Gasteiger partial charge in [0, 0.05) is 19.1 Å². The van der Waals surface area contributed by atoms with E-state index in [4.69, 9.17) is 11.0 Å². The van der Waals surface area contributed by atoms with Gasteiger partial charge in [0.05, 0.1) is 5.56 Å². The normalized spacial score (nSPS) is 16.5. The minimum Gasteiger partial charge on any atom is -0.352 e. The van der Waals surface area contributed by atoms with E-state index in [2.05, 4.69) is 4.98 Å². The van der Waals surface area contributed by atoms with Crippen molar-refractivity contribution >= 4 is 5.82 Å². The number of hydrogen-bond acceptors (Lipinski definition) is 4. The summed E-state index contributed by atoms with van der Waals surface area (Å²) in [5, 5.41) is 8.82. The number of hydrogen-bond donors (Lipinski definition) is 1. The van der Waals surface area contributed by atoms with Crippen molar-refractivity contribution in [2.24, 2.45) is 5.73 Å². The Morgan fingerprint density at radius 3 is 2.53 bits per heavy atom. The third-order valence-electron chi connectivity index (χ3n) is 2.50. The third-order valence-corrected chi connectivity index (χ3v) is 2.50. The fourth-order valence-corrected chi connectivity index (χ4v) is 1.62. The van der Waals surface area contributed by atoms with Gasteiger partial charge in [-0.3, -0.25) is 0 Å². The predicted molar refractivity (Wildman–Crippen MR) is 54.1 cm³/mol. The second kappa shape index (κ2) is 3.89. The molecule has 0 spiro atoms. The average molecular weight is 242 g/mol. The van der Waals surface area contributed by atoms with Crippen molar-refractivity contribution in [3.8, 4) is 6.07 Å². The summed E-state index contributed by atoms with van der Waals surface area (Å²) in [6.07, 6.45) is -4.50. The molecular formula is C10H9F3N4. The van der Waals surface area contributed by atoms with Crippen LogP contribution in [0.1, 0.15) is 11.3 Å². The van der Waals surface area contributed by atoms with Gasteiger partial charge in [-0.15, -0.1) is 0 Å². The minimum atomic E-state index is -4.50. The Morgan fingerprint density at radius 1 is 1.41 bits per heavy atom. The average Bonchev–Trinajstić information content (AvgIpc) is 2.22.